The van der Waals surface area contributed by atoms with Crippen LogP contribution in [0.1, 0.15) is 43.4 Å². The number of Topliss-reactive ketones (excluding diaryl/α,β-unsaturated/α-hetero) is 2. The Balaban J connectivity index is 1.60. The van der Waals surface area contributed by atoms with Crippen molar-refractivity contribution in [2.75, 3.05) is 27.7 Å². The molecule has 234 valence electrons. The van der Waals surface area contributed by atoms with Gasteiger partial charge in [-0.3, -0.25) is 19.3 Å². The fourth-order valence-corrected chi connectivity index (χ4v) is 7.22. The number of ketones is 2. The lowest BCUT2D eigenvalue weighted by Crippen LogP contribution is -2.65. The largest absolute Gasteiger partial charge is 0.508 e. The van der Waals surface area contributed by atoms with E-state index in [1.807, 2.05) is 12.1 Å². The predicted octanol–water partition coefficient (Wildman–Crippen LogP) is 3.11. The molecule has 44 heavy (non-hydrogen) atoms. The third-order valence-electron chi connectivity index (χ3n) is 9.38. The number of hydrogen-bond donors (Lipinski definition) is 5. The molecule has 0 aliphatic heterocycles. The average Bonchev–Trinajstić information content (AvgIpc) is 2.93. The molecule has 4 atom stereocenters. The van der Waals surface area contributed by atoms with Crippen LogP contribution in [0.25, 0.3) is 16.9 Å². The van der Waals surface area contributed by atoms with Crippen molar-refractivity contribution in [3.05, 3.63) is 70.0 Å². The Hall–Kier alpha value is -3.99. The quantitative estimate of drug-likeness (QED) is 0.285. The molecule has 5 rings (SSSR count). The summed E-state index contributed by atoms with van der Waals surface area (Å²) in [6.45, 7) is 6.10. The smallest absolute Gasteiger partial charge is 0.255 e. The molecular weight excluding hydrogens is 562 g/mol. The lowest BCUT2D eigenvalue weighted by Gasteiger charge is -2.50. The molecule has 0 saturated heterocycles. The average molecular weight is 604 g/mol. The van der Waals surface area contributed by atoms with E-state index >= 15 is 0 Å². The molecule has 0 heterocycles. The second-order valence-corrected chi connectivity index (χ2v) is 13.1. The van der Waals surface area contributed by atoms with Gasteiger partial charge < -0.3 is 31.1 Å². The van der Waals surface area contributed by atoms with E-state index in [1.165, 1.54) is 11.0 Å². The number of rotatable bonds is 8. The number of aliphatic hydroxyl groups excluding tert-OH is 2. The molecule has 1 saturated carbocycles. The van der Waals surface area contributed by atoms with E-state index < -0.39 is 58.0 Å². The number of fused-ring (bicyclic) bond motifs is 3. The van der Waals surface area contributed by atoms with Crippen LogP contribution in [0.2, 0.25) is 0 Å². The molecular formula is C34H41N3O7. The van der Waals surface area contributed by atoms with E-state index in [9.17, 15) is 34.8 Å². The third-order valence-corrected chi connectivity index (χ3v) is 9.38. The number of primary amides is 1. The number of phenolic OH excluding ortho intramolecular Hbond substituents is 1. The highest BCUT2D eigenvalue weighted by Gasteiger charge is 2.64. The van der Waals surface area contributed by atoms with Gasteiger partial charge in [-0.2, -0.15) is 0 Å². The number of amides is 1. The van der Waals surface area contributed by atoms with Crippen molar-refractivity contribution < 1.29 is 34.8 Å². The van der Waals surface area contributed by atoms with Crippen LogP contribution in [0, 0.1) is 17.8 Å². The van der Waals surface area contributed by atoms with Crippen molar-refractivity contribution in [3.63, 3.8) is 0 Å². The van der Waals surface area contributed by atoms with Gasteiger partial charge >= 0.3 is 0 Å². The number of aromatic hydroxyl groups is 1. The van der Waals surface area contributed by atoms with E-state index in [1.54, 1.807) is 20.2 Å². The highest BCUT2D eigenvalue weighted by molar-refractivity contribution is 6.24. The molecule has 0 aromatic heterocycles. The molecule has 6 N–H and O–H groups in total. The van der Waals surface area contributed by atoms with Gasteiger partial charge in [-0.15, -0.1) is 0 Å². The molecule has 1 fully saturated rings. The molecule has 0 bridgehead atoms. The zero-order valence-electron chi connectivity index (χ0n) is 25.8. The number of aliphatic hydroxyl groups is 3. The maximum atomic E-state index is 14.1. The summed E-state index contributed by atoms with van der Waals surface area (Å²) in [5, 5.41) is 45.3. The standard InChI is InChI=1S/C34H41N3O7/c1-17(2)11-12-37(5)16-18-7-6-8-19(13-18)21-9-10-24(38)26-22(21)14-20-15-23-28(36(3)4)30(40)27(33(35)43)32(42)34(23,44)31(41)25(20)29(26)39/h6-10,13,17,20,23,28,38-39,42,44H,11-12,14-16H2,1-5H3,(H2,35,43)/t20-,23-,28-,34-/m0/s1. The summed E-state index contributed by atoms with van der Waals surface area (Å²) >= 11 is 0. The van der Waals surface area contributed by atoms with Crippen LogP contribution in [-0.2, 0) is 27.3 Å². The molecule has 3 aliphatic carbocycles. The molecule has 0 radical (unpaired) electrons. The maximum absolute atomic E-state index is 14.1. The van der Waals surface area contributed by atoms with Gasteiger partial charge in [0, 0.05) is 18.0 Å². The molecule has 10 nitrogen and oxygen atoms in total. The van der Waals surface area contributed by atoms with Crippen molar-refractivity contribution in [1.82, 2.24) is 9.80 Å². The van der Waals surface area contributed by atoms with E-state index in [0.29, 0.717) is 11.5 Å². The molecule has 10 heteroatoms. The molecule has 2 aromatic rings. The fraction of sp³-hybridized carbons (Fsp3) is 0.441. The van der Waals surface area contributed by atoms with Crippen LogP contribution in [0.4, 0.5) is 0 Å². The van der Waals surface area contributed by atoms with Crippen LogP contribution in [0.5, 0.6) is 5.75 Å². The minimum absolute atomic E-state index is 0.0432. The molecule has 3 aliphatic rings. The Kier molecular flexibility index (Phi) is 8.22. The first-order valence-electron chi connectivity index (χ1n) is 15.0. The van der Waals surface area contributed by atoms with Gasteiger partial charge in [0.05, 0.1) is 11.6 Å². The zero-order chi connectivity index (χ0) is 32.2. The predicted molar refractivity (Wildman–Crippen MR) is 165 cm³/mol. The van der Waals surface area contributed by atoms with Crippen molar-refractivity contribution in [1.29, 1.82) is 0 Å². The first-order chi connectivity index (χ1) is 20.7. The van der Waals surface area contributed by atoms with E-state index in [-0.39, 0.29) is 29.7 Å². The summed E-state index contributed by atoms with van der Waals surface area (Å²) in [7, 11) is 5.24. The van der Waals surface area contributed by atoms with Gasteiger partial charge in [-0.05, 0) is 93.2 Å². The number of likely N-dealkylation sites (N-methyl/N-ethyl adjacent to an activating group) is 1. The van der Waals surface area contributed by atoms with Gasteiger partial charge in [0.25, 0.3) is 5.91 Å². The maximum Gasteiger partial charge on any atom is 0.255 e. The normalized spacial score (nSPS) is 25.1. The SMILES string of the molecule is CC(C)CCN(C)Cc1cccc(-c2ccc(O)c3c2C[C@H]2C[C@H]4[C@H](N(C)C)C(=O)C(C(N)=O)=C(O)[C@@]4(O)C(=O)C2=C3O)c1. The van der Waals surface area contributed by atoms with Crippen LogP contribution in [0.3, 0.4) is 0 Å². The molecule has 1 amide bonds. The second kappa shape index (κ2) is 11.5. The third kappa shape index (κ3) is 5.00. The highest BCUT2D eigenvalue weighted by atomic mass is 16.3. The number of hydrogen-bond acceptors (Lipinski definition) is 9. The van der Waals surface area contributed by atoms with Gasteiger partial charge in [-0.25, -0.2) is 0 Å². The van der Waals surface area contributed by atoms with Crippen molar-refractivity contribution in [2.24, 2.45) is 23.5 Å². The second-order valence-electron chi connectivity index (χ2n) is 13.1. The topological polar surface area (TPSA) is 165 Å². The summed E-state index contributed by atoms with van der Waals surface area (Å²) in [5.74, 6) is -6.03. The Bertz CT molecular complexity index is 1610. The lowest BCUT2D eigenvalue weighted by atomic mass is 9.57. The Morgan fingerprint density at radius 3 is 2.43 bits per heavy atom. The van der Waals surface area contributed by atoms with Crippen molar-refractivity contribution >= 4 is 23.2 Å². The van der Waals surface area contributed by atoms with Crippen molar-refractivity contribution in [2.45, 2.75) is 51.3 Å². The van der Waals surface area contributed by atoms with E-state index in [4.69, 9.17) is 5.73 Å². The van der Waals surface area contributed by atoms with Gasteiger partial charge in [0.1, 0.15) is 22.8 Å². The monoisotopic (exact) mass is 603 g/mol. The Morgan fingerprint density at radius 1 is 1.09 bits per heavy atom. The number of phenols is 1. The molecule has 0 spiro atoms. The first kappa shape index (κ1) is 31.4. The zero-order valence-corrected chi connectivity index (χ0v) is 25.8. The number of nitrogens with two attached hydrogens (primary N) is 1. The summed E-state index contributed by atoms with van der Waals surface area (Å²) in [6.07, 6.45) is 1.36. The Morgan fingerprint density at radius 2 is 1.80 bits per heavy atom. The van der Waals surface area contributed by atoms with Crippen molar-refractivity contribution in [3.8, 4) is 16.9 Å². The van der Waals surface area contributed by atoms with Gasteiger partial charge in [0.15, 0.2) is 11.4 Å². The van der Waals surface area contributed by atoms with Crippen LogP contribution < -0.4 is 5.73 Å². The van der Waals surface area contributed by atoms with E-state index in [0.717, 1.165) is 36.2 Å². The van der Waals surface area contributed by atoms with Crippen LogP contribution in [0.15, 0.2) is 53.3 Å². The first-order valence-corrected chi connectivity index (χ1v) is 15.0. The van der Waals surface area contributed by atoms with Crippen LogP contribution in [-0.4, -0.2) is 87.0 Å². The lowest BCUT2D eigenvalue weighted by molar-refractivity contribution is -0.153. The summed E-state index contributed by atoms with van der Waals surface area (Å²) in [4.78, 5) is 43.3. The molecule has 2 aromatic carbocycles. The molecule has 0 unspecified atom stereocenters. The Labute approximate surface area is 257 Å². The van der Waals surface area contributed by atoms with E-state index in [2.05, 4.69) is 37.9 Å². The minimum Gasteiger partial charge on any atom is -0.508 e. The summed E-state index contributed by atoms with van der Waals surface area (Å²) < 4.78 is 0. The highest BCUT2D eigenvalue weighted by Crippen LogP contribution is 2.53. The fourth-order valence-electron chi connectivity index (χ4n) is 7.22. The summed E-state index contributed by atoms with van der Waals surface area (Å²) in [6, 6.07) is 10.2. The van der Waals surface area contributed by atoms with Gasteiger partial charge in [0.2, 0.25) is 5.78 Å². The van der Waals surface area contributed by atoms with Crippen LogP contribution >= 0.6 is 0 Å². The minimum atomic E-state index is -2.66. The number of nitrogens with zero attached hydrogens (tertiary/aromatic N) is 2. The number of carbonyl (C=O) groups excluding carboxylic acids is 3. The number of benzene rings is 2. The number of carbonyl (C=O) groups is 3. The summed E-state index contributed by atoms with van der Waals surface area (Å²) in [5.41, 5.74) is 5.24. The van der Waals surface area contributed by atoms with Gasteiger partial charge in [-0.1, -0.05) is 38.1 Å².